The number of hydrogen-bond acceptors (Lipinski definition) is 2. The summed E-state index contributed by atoms with van der Waals surface area (Å²) < 4.78 is 14.2. The number of thioether (sulfide) groups is 1. The maximum atomic E-state index is 13.6. The third-order valence-electron chi connectivity index (χ3n) is 3.66. The van der Waals surface area contributed by atoms with E-state index in [-0.39, 0.29) is 5.82 Å². The first-order chi connectivity index (χ1) is 9.22. The van der Waals surface area contributed by atoms with Crippen molar-refractivity contribution in [1.29, 1.82) is 0 Å². The molecule has 19 heavy (non-hydrogen) atoms. The maximum Gasteiger partial charge on any atom is 0.137 e. The van der Waals surface area contributed by atoms with Crippen molar-refractivity contribution in [2.75, 3.05) is 18.1 Å². The van der Waals surface area contributed by atoms with Crippen LogP contribution < -0.4 is 5.32 Å². The summed E-state index contributed by atoms with van der Waals surface area (Å²) in [6.07, 6.45) is 3.32. The van der Waals surface area contributed by atoms with Crippen molar-refractivity contribution in [2.45, 2.75) is 32.2 Å². The standard InChI is InChI=1S/C15H21BrFNS/c1-2-7-18-14(12-6-8-19-10-12)9-11-4-3-5-13(17)15(11)16/h3-5,12,14,18H,2,6-10H2,1H3. The maximum absolute atomic E-state index is 13.6. The SMILES string of the molecule is CCCNC(Cc1cccc(F)c1Br)C1CCSC1. The summed E-state index contributed by atoms with van der Waals surface area (Å²) in [5.41, 5.74) is 1.07. The topological polar surface area (TPSA) is 12.0 Å². The monoisotopic (exact) mass is 345 g/mol. The average Bonchev–Trinajstić information content (AvgIpc) is 2.93. The van der Waals surface area contributed by atoms with E-state index < -0.39 is 0 Å². The Kier molecular flexibility index (Phi) is 6.17. The lowest BCUT2D eigenvalue weighted by atomic mass is 9.93. The second kappa shape index (κ2) is 7.65. The van der Waals surface area contributed by atoms with Gasteiger partial charge in [0, 0.05) is 6.04 Å². The van der Waals surface area contributed by atoms with Crippen LogP contribution >= 0.6 is 27.7 Å². The third-order valence-corrected chi connectivity index (χ3v) is 5.74. The van der Waals surface area contributed by atoms with Gasteiger partial charge >= 0.3 is 0 Å². The first-order valence-corrected chi connectivity index (χ1v) is 8.91. The normalized spacial score (nSPS) is 20.7. The fraction of sp³-hybridized carbons (Fsp3) is 0.600. The molecule has 1 nitrogen and oxygen atoms in total. The van der Waals surface area contributed by atoms with Crippen molar-refractivity contribution in [1.82, 2.24) is 5.32 Å². The van der Waals surface area contributed by atoms with Gasteiger partial charge in [0.15, 0.2) is 0 Å². The number of halogens is 2. The van der Waals surface area contributed by atoms with Crippen LogP contribution in [0.1, 0.15) is 25.3 Å². The Morgan fingerprint density at radius 3 is 3.05 bits per heavy atom. The Labute approximate surface area is 127 Å². The van der Waals surface area contributed by atoms with E-state index >= 15 is 0 Å². The summed E-state index contributed by atoms with van der Waals surface area (Å²) in [5, 5.41) is 3.65. The number of rotatable bonds is 6. The molecule has 0 amide bonds. The number of benzene rings is 1. The van der Waals surface area contributed by atoms with Crippen molar-refractivity contribution in [3.8, 4) is 0 Å². The van der Waals surface area contributed by atoms with Crippen molar-refractivity contribution < 1.29 is 4.39 Å². The average molecular weight is 346 g/mol. The predicted octanol–water partition coefficient (Wildman–Crippen LogP) is 4.25. The largest absolute Gasteiger partial charge is 0.313 e. The van der Waals surface area contributed by atoms with Gasteiger partial charge in [0.2, 0.25) is 0 Å². The summed E-state index contributed by atoms with van der Waals surface area (Å²) in [5.74, 6) is 3.05. The smallest absolute Gasteiger partial charge is 0.137 e. The van der Waals surface area contributed by atoms with Gasteiger partial charge in [-0.1, -0.05) is 19.1 Å². The lowest BCUT2D eigenvalue weighted by Gasteiger charge is -2.25. The van der Waals surface area contributed by atoms with E-state index in [1.165, 1.54) is 24.0 Å². The van der Waals surface area contributed by atoms with Crippen molar-refractivity contribution >= 4 is 27.7 Å². The molecule has 0 radical (unpaired) electrons. The zero-order valence-electron chi connectivity index (χ0n) is 11.3. The number of nitrogens with one attached hydrogen (secondary N) is 1. The van der Waals surface area contributed by atoms with Crippen LogP contribution in [0.2, 0.25) is 0 Å². The van der Waals surface area contributed by atoms with Crippen LogP contribution in [-0.2, 0) is 6.42 Å². The molecule has 1 N–H and O–H groups in total. The summed E-state index contributed by atoms with van der Waals surface area (Å²) >= 11 is 5.41. The Hall–Kier alpha value is -0.0600. The predicted molar refractivity (Wildman–Crippen MR) is 85.3 cm³/mol. The van der Waals surface area contributed by atoms with Gasteiger partial charge in [-0.15, -0.1) is 0 Å². The molecule has 1 aromatic rings. The molecular formula is C15H21BrFNS. The molecule has 0 saturated carbocycles. The Morgan fingerprint density at radius 1 is 1.53 bits per heavy atom. The van der Waals surface area contributed by atoms with Gasteiger partial charge in [-0.3, -0.25) is 0 Å². The zero-order chi connectivity index (χ0) is 13.7. The van der Waals surface area contributed by atoms with Gasteiger partial charge in [-0.2, -0.15) is 11.8 Å². The van der Waals surface area contributed by atoms with Crippen molar-refractivity contribution in [3.63, 3.8) is 0 Å². The molecule has 1 aliphatic rings. The third kappa shape index (κ3) is 4.20. The summed E-state index contributed by atoms with van der Waals surface area (Å²) in [6, 6.07) is 5.80. The summed E-state index contributed by atoms with van der Waals surface area (Å²) in [4.78, 5) is 0. The van der Waals surface area contributed by atoms with Gasteiger partial charge in [-0.25, -0.2) is 4.39 Å². The summed E-state index contributed by atoms with van der Waals surface area (Å²) in [6.45, 7) is 3.23. The highest BCUT2D eigenvalue weighted by molar-refractivity contribution is 9.10. The molecule has 1 saturated heterocycles. The van der Waals surface area contributed by atoms with E-state index in [1.807, 2.05) is 17.8 Å². The van der Waals surface area contributed by atoms with Crippen LogP contribution in [0.4, 0.5) is 4.39 Å². The highest BCUT2D eigenvalue weighted by Crippen LogP contribution is 2.30. The summed E-state index contributed by atoms with van der Waals surface area (Å²) in [7, 11) is 0. The molecule has 1 fully saturated rings. The molecule has 0 aliphatic carbocycles. The molecule has 2 rings (SSSR count). The van der Waals surface area contributed by atoms with Crippen LogP contribution in [0.5, 0.6) is 0 Å². The van der Waals surface area contributed by atoms with E-state index in [0.29, 0.717) is 16.4 Å². The first-order valence-electron chi connectivity index (χ1n) is 6.96. The van der Waals surface area contributed by atoms with Crippen LogP contribution in [-0.4, -0.2) is 24.1 Å². The van der Waals surface area contributed by atoms with Gasteiger partial charge in [0.25, 0.3) is 0 Å². The van der Waals surface area contributed by atoms with E-state index in [0.717, 1.165) is 24.9 Å². The van der Waals surface area contributed by atoms with E-state index in [2.05, 4.69) is 28.2 Å². The van der Waals surface area contributed by atoms with Crippen LogP contribution in [0.3, 0.4) is 0 Å². The molecule has 2 atom stereocenters. The lowest BCUT2D eigenvalue weighted by molar-refractivity contribution is 0.379. The molecule has 2 unspecified atom stereocenters. The molecule has 0 bridgehead atoms. The molecule has 106 valence electrons. The minimum Gasteiger partial charge on any atom is -0.313 e. The number of hydrogen-bond donors (Lipinski definition) is 1. The Bertz CT molecular complexity index is 407. The second-order valence-corrected chi connectivity index (χ2v) is 7.04. The highest BCUT2D eigenvalue weighted by Gasteiger charge is 2.25. The molecule has 1 aliphatic heterocycles. The van der Waals surface area contributed by atoms with Gasteiger partial charge in [0.05, 0.1) is 4.47 Å². The van der Waals surface area contributed by atoms with Gasteiger partial charge in [0.1, 0.15) is 5.82 Å². The molecule has 1 aromatic carbocycles. The van der Waals surface area contributed by atoms with E-state index in [4.69, 9.17) is 0 Å². The molecule has 1 heterocycles. The first kappa shape index (κ1) is 15.3. The van der Waals surface area contributed by atoms with Crippen LogP contribution in [0.25, 0.3) is 0 Å². The Balaban J connectivity index is 2.07. The van der Waals surface area contributed by atoms with Crippen molar-refractivity contribution in [3.05, 3.63) is 34.1 Å². The fourth-order valence-corrected chi connectivity index (χ4v) is 4.31. The highest BCUT2D eigenvalue weighted by atomic mass is 79.9. The lowest BCUT2D eigenvalue weighted by Crippen LogP contribution is -2.38. The van der Waals surface area contributed by atoms with E-state index in [9.17, 15) is 4.39 Å². The fourth-order valence-electron chi connectivity index (χ4n) is 2.55. The van der Waals surface area contributed by atoms with Crippen LogP contribution in [0.15, 0.2) is 22.7 Å². The molecular weight excluding hydrogens is 325 g/mol. The quantitative estimate of drug-likeness (QED) is 0.826. The minimum atomic E-state index is -0.160. The van der Waals surface area contributed by atoms with Crippen LogP contribution in [0, 0.1) is 11.7 Å². The Morgan fingerprint density at radius 2 is 2.37 bits per heavy atom. The van der Waals surface area contributed by atoms with E-state index in [1.54, 1.807) is 6.07 Å². The van der Waals surface area contributed by atoms with Gasteiger partial charge in [-0.05, 0) is 70.8 Å². The minimum absolute atomic E-state index is 0.160. The molecule has 4 heteroatoms. The van der Waals surface area contributed by atoms with Crippen molar-refractivity contribution in [2.24, 2.45) is 5.92 Å². The molecule has 0 aromatic heterocycles. The second-order valence-electron chi connectivity index (χ2n) is 5.10. The van der Waals surface area contributed by atoms with Gasteiger partial charge < -0.3 is 5.32 Å². The molecule has 0 spiro atoms. The zero-order valence-corrected chi connectivity index (χ0v) is 13.7.